The molecule has 0 saturated heterocycles. The van der Waals surface area contributed by atoms with Crippen LogP contribution in [0, 0.1) is 12.7 Å². The highest BCUT2D eigenvalue weighted by atomic mass is 35.5. The number of aliphatic imine (C=N–C) groups is 1. The molecule has 0 fully saturated rings. The van der Waals surface area contributed by atoms with Crippen LogP contribution >= 0.6 is 23.2 Å². The van der Waals surface area contributed by atoms with Crippen molar-refractivity contribution in [3.63, 3.8) is 0 Å². The largest absolute Gasteiger partial charge is 0.264 e. The Balaban J connectivity index is 0.000000554. The number of hydrogen-bond acceptors (Lipinski definition) is 1. The molecule has 38 heavy (non-hydrogen) atoms. The van der Waals surface area contributed by atoms with Gasteiger partial charge >= 0.3 is 0 Å². The van der Waals surface area contributed by atoms with Gasteiger partial charge < -0.3 is 0 Å². The van der Waals surface area contributed by atoms with Crippen LogP contribution in [0.15, 0.2) is 70.9 Å². The average molecular weight is 559 g/mol. The van der Waals surface area contributed by atoms with Crippen LogP contribution in [0.2, 0.25) is 5.02 Å². The lowest BCUT2D eigenvalue weighted by Crippen LogP contribution is -2.03. The Morgan fingerprint density at radius 3 is 2.24 bits per heavy atom. The second-order valence-corrected chi connectivity index (χ2v) is 10.7. The molecule has 2 rings (SSSR count). The predicted octanol–water partition coefficient (Wildman–Crippen LogP) is 12.0. The minimum absolute atomic E-state index is 0.217. The Morgan fingerprint density at radius 2 is 1.68 bits per heavy atom. The fraction of sp³-hybridized carbons (Fsp3) is 0.441. The Morgan fingerprint density at radius 1 is 1.03 bits per heavy atom. The van der Waals surface area contributed by atoms with E-state index >= 15 is 0 Å². The monoisotopic (exact) mass is 557 g/mol. The molecule has 1 nitrogen and oxygen atoms in total. The molecule has 0 amide bonds. The molecular formula is C34H46Cl2FN. The van der Waals surface area contributed by atoms with Crippen LogP contribution in [-0.4, -0.2) is 5.71 Å². The van der Waals surface area contributed by atoms with Crippen LogP contribution in [0.5, 0.6) is 0 Å². The van der Waals surface area contributed by atoms with Crippen LogP contribution in [0.1, 0.15) is 108 Å². The summed E-state index contributed by atoms with van der Waals surface area (Å²) >= 11 is 11.8. The number of halogens is 3. The summed E-state index contributed by atoms with van der Waals surface area (Å²) in [6.45, 7) is 18.6. The molecule has 4 heteroatoms. The van der Waals surface area contributed by atoms with E-state index in [-0.39, 0.29) is 10.8 Å². The van der Waals surface area contributed by atoms with Crippen LogP contribution < -0.4 is 0 Å². The summed E-state index contributed by atoms with van der Waals surface area (Å²) in [5.74, 6) is -0.00120. The van der Waals surface area contributed by atoms with E-state index in [1.807, 2.05) is 13.0 Å². The molecule has 0 aromatic heterocycles. The summed E-state index contributed by atoms with van der Waals surface area (Å²) in [7, 11) is 0. The molecule has 1 atom stereocenters. The normalized spacial score (nSPS) is 13.4. The summed E-state index contributed by atoms with van der Waals surface area (Å²) in [6.07, 6.45) is 10.4. The molecule has 208 valence electrons. The summed E-state index contributed by atoms with van der Waals surface area (Å²) in [5, 5.41) is 0.801. The van der Waals surface area contributed by atoms with Crippen molar-refractivity contribution in [3.8, 4) is 0 Å². The van der Waals surface area contributed by atoms with Gasteiger partial charge in [0.05, 0.1) is 10.1 Å². The second-order valence-electron chi connectivity index (χ2n) is 9.90. The smallest absolute Gasteiger partial charge is 0.142 e. The number of aryl methyl sites for hydroxylation is 2. The third kappa shape index (κ3) is 11.3. The van der Waals surface area contributed by atoms with Crippen molar-refractivity contribution in [2.45, 2.75) is 99.3 Å². The zero-order chi connectivity index (χ0) is 28.7. The van der Waals surface area contributed by atoms with Crippen molar-refractivity contribution in [3.05, 3.63) is 99.0 Å². The molecule has 0 N–H and O–H groups in total. The van der Waals surface area contributed by atoms with E-state index in [0.717, 1.165) is 61.8 Å². The second kappa shape index (κ2) is 18.2. The molecule has 0 saturated carbocycles. The van der Waals surface area contributed by atoms with Gasteiger partial charge in [0.15, 0.2) is 0 Å². The average Bonchev–Trinajstić information content (AvgIpc) is 2.90. The molecule has 2 aromatic carbocycles. The fourth-order valence-corrected chi connectivity index (χ4v) is 4.47. The quantitative estimate of drug-likeness (QED) is 0.181. The van der Waals surface area contributed by atoms with Gasteiger partial charge in [-0.15, -0.1) is 0 Å². The highest BCUT2D eigenvalue weighted by molar-refractivity contribution is 6.31. The molecule has 0 aliphatic heterocycles. The van der Waals surface area contributed by atoms with E-state index in [1.165, 1.54) is 22.3 Å². The third-order valence-corrected chi connectivity index (χ3v) is 7.23. The maximum atomic E-state index is 14.1. The van der Waals surface area contributed by atoms with Gasteiger partial charge in [-0.25, -0.2) is 4.39 Å². The van der Waals surface area contributed by atoms with Gasteiger partial charge in [-0.05, 0) is 86.9 Å². The molecule has 0 aliphatic carbocycles. The van der Waals surface area contributed by atoms with Crippen LogP contribution in [0.25, 0.3) is 5.57 Å². The fourth-order valence-electron chi connectivity index (χ4n) is 4.26. The molecule has 0 aliphatic rings. The molecule has 0 spiro atoms. The standard InChI is InChI=1S/C25H32ClF.C9H14ClN/c1-6-8-10-22(19(5)18(4)20-13-11-17(3)12-14-20)23-16-24(26)25(27)15-21(23)9-7-2;1-4-6-8(3)11-7-9(10)5-2/h11-16,18H,6-10H2,1-5H3;5,7H,2,4,6H2,1,3H3/b22-19+;9-7+,11-8?. The van der Waals surface area contributed by atoms with Crippen LogP contribution in [0.3, 0.4) is 0 Å². The van der Waals surface area contributed by atoms with Crippen LogP contribution in [0.4, 0.5) is 4.39 Å². The van der Waals surface area contributed by atoms with E-state index in [4.69, 9.17) is 23.2 Å². The van der Waals surface area contributed by atoms with E-state index in [9.17, 15) is 4.39 Å². The molecule has 2 aromatic rings. The number of rotatable bonds is 12. The predicted molar refractivity (Wildman–Crippen MR) is 169 cm³/mol. The van der Waals surface area contributed by atoms with Crippen molar-refractivity contribution in [1.29, 1.82) is 0 Å². The first kappa shape index (κ1) is 33.9. The van der Waals surface area contributed by atoms with Gasteiger partial charge in [0.2, 0.25) is 0 Å². The Labute approximate surface area is 241 Å². The maximum absolute atomic E-state index is 14.1. The topological polar surface area (TPSA) is 12.4 Å². The maximum Gasteiger partial charge on any atom is 0.142 e. The Kier molecular flexibility index (Phi) is 16.2. The zero-order valence-corrected chi connectivity index (χ0v) is 25.9. The van der Waals surface area contributed by atoms with Crippen molar-refractivity contribution < 1.29 is 4.39 Å². The highest BCUT2D eigenvalue weighted by Crippen LogP contribution is 2.37. The minimum atomic E-state index is -0.317. The summed E-state index contributed by atoms with van der Waals surface area (Å²) in [5.41, 5.74) is 8.58. The Hall–Kier alpha value is -2.16. The van der Waals surface area contributed by atoms with Crippen molar-refractivity contribution in [1.82, 2.24) is 0 Å². The van der Waals surface area contributed by atoms with Gasteiger partial charge in [-0.2, -0.15) is 0 Å². The number of allylic oxidation sites excluding steroid dienone is 4. The lowest BCUT2D eigenvalue weighted by Gasteiger charge is -2.22. The molecule has 1 unspecified atom stereocenters. The summed E-state index contributed by atoms with van der Waals surface area (Å²) < 4.78 is 14.1. The van der Waals surface area contributed by atoms with E-state index in [0.29, 0.717) is 11.0 Å². The number of nitrogens with zero attached hydrogens (tertiary/aromatic N) is 1. The number of unbranched alkanes of at least 4 members (excludes halogenated alkanes) is 1. The van der Waals surface area contributed by atoms with Gasteiger partial charge in [-0.1, -0.05) is 112 Å². The van der Waals surface area contributed by atoms with E-state index < -0.39 is 0 Å². The number of hydrogen-bond donors (Lipinski definition) is 0. The third-order valence-electron chi connectivity index (χ3n) is 6.69. The van der Waals surface area contributed by atoms with Crippen LogP contribution in [-0.2, 0) is 6.42 Å². The van der Waals surface area contributed by atoms with Crippen molar-refractivity contribution in [2.24, 2.45) is 4.99 Å². The first-order valence-corrected chi connectivity index (χ1v) is 14.6. The van der Waals surface area contributed by atoms with Gasteiger partial charge in [-0.3, -0.25) is 4.99 Å². The summed E-state index contributed by atoms with van der Waals surface area (Å²) in [4.78, 5) is 4.14. The van der Waals surface area contributed by atoms with Crippen molar-refractivity contribution >= 4 is 34.5 Å². The lowest BCUT2D eigenvalue weighted by atomic mass is 9.84. The highest BCUT2D eigenvalue weighted by Gasteiger charge is 2.18. The van der Waals surface area contributed by atoms with Gasteiger partial charge in [0, 0.05) is 17.8 Å². The SMILES string of the molecule is C=C/C(Cl)=C\N=C(C)CCC.CCCC/C(=C(/C)C(C)c1ccc(C)cc1)c1cc(Cl)c(F)cc1CCC. The van der Waals surface area contributed by atoms with E-state index in [2.05, 4.69) is 77.4 Å². The summed E-state index contributed by atoms with van der Waals surface area (Å²) in [6, 6.07) is 12.2. The van der Waals surface area contributed by atoms with E-state index in [1.54, 1.807) is 18.3 Å². The molecule has 0 radical (unpaired) electrons. The lowest BCUT2D eigenvalue weighted by molar-refractivity contribution is 0.625. The minimum Gasteiger partial charge on any atom is -0.264 e. The molecule has 0 heterocycles. The van der Waals surface area contributed by atoms with Crippen molar-refractivity contribution in [2.75, 3.05) is 0 Å². The molecular weight excluding hydrogens is 512 g/mol. The van der Waals surface area contributed by atoms with Gasteiger partial charge in [0.25, 0.3) is 0 Å². The van der Waals surface area contributed by atoms with Gasteiger partial charge in [0.1, 0.15) is 5.82 Å². The number of benzene rings is 2. The Bertz CT molecular complexity index is 1110. The zero-order valence-electron chi connectivity index (χ0n) is 24.4. The molecule has 0 bridgehead atoms. The first-order valence-electron chi connectivity index (χ1n) is 13.8. The first-order chi connectivity index (χ1) is 18.1.